The molecule has 2 aliphatic heterocycles. The SMILES string of the molecule is CC[C@@H](C(=O)N1CCC(c2ccc(Cc3cccc(F)c3)cn2)CC1)N1CCCC1. The van der Waals surface area contributed by atoms with Crippen molar-refractivity contribution in [3.63, 3.8) is 0 Å². The zero-order valence-corrected chi connectivity index (χ0v) is 17.9. The molecule has 1 aromatic heterocycles. The van der Waals surface area contributed by atoms with E-state index < -0.39 is 0 Å². The van der Waals surface area contributed by atoms with Crippen LogP contribution in [0.2, 0.25) is 0 Å². The molecule has 3 heterocycles. The van der Waals surface area contributed by atoms with Crippen LogP contribution in [-0.4, -0.2) is 52.9 Å². The highest BCUT2D eigenvalue weighted by atomic mass is 19.1. The monoisotopic (exact) mass is 409 g/mol. The number of piperidine rings is 1. The molecule has 160 valence electrons. The predicted molar refractivity (Wildman–Crippen MR) is 117 cm³/mol. The van der Waals surface area contributed by atoms with Crippen LogP contribution < -0.4 is 0 Å². The number of carbonyl (C=O) groups excluding carboxylic acids is 1. The van der Waals surface area contributed by atoms with Crippen molar-refractivity contribution in [3.05, 3.63) is 65.2 Å². The minimum atomic E-state index is -0.201. The lowest BCUT2D eigenvalue weighted by molar-refractivity contribution is -0.137. The van der Waals surface area contributed by atoms with E-state index in [-0.39, 0.29) is 11.9 Å². The molecule has 0 unspecified atom stereocenters. The Morgan fingerprint density at radius 1 is 1.10 bits per heavy atom. The van der Waals surface area contributed by atoms with Crippen LogP contribution in [0.15, 0.2) is 42.6 Å². The molecule has 1 atom stereocenters. The Kier molecular flexibility index (Phi) is 6.78. The summed E-state index contributed by atoms with van der Waals surface area (Å²) in [7, 11) is 0. The Morgan fingerprint density at radius 3 is 2.50 bits per heavy atom. The summed E-state index contributed by atoms with van der Waals surface area (Å²) in [5, 5.41) is 0. The molecule has 5 heteroatoms. The standard InChI is InChI=1S/C25H32FN3O/c1-2-24(28-12-3-4-13-28)25(30)29-14-10-21(11-15-29)23-9-8-20(18-27-23)16-19-6-5-7-22(26)17-19/h5-9,17-18,21,24H,2-4,10-16H2,1H3/t24-/m0/s1. The highest BCUT2D eigenvalue weighted by molar-refractivity contribution is 5.82. The topological polar surface area (TPSA) is 36.4 Å². The zero-order chi connectivity index (χ0) is 20.9. The summed E-state index contributed by atoms with van der Waals surface area (Å²) < 4.78 is 13.4. The van der Waals surface area contributed by atoms with E-state index in [2.05, 4.69) is 28.9 Å². The molecule has 4 nitrogen and oxygen atoms in total. The third-order valence-corrected chi connectivity index (χ3v) is 6.62. The first-order valence-electron chi connectivity index (χ1n) is 11.4. The largest absolute Gasteiger partial charge is 0.341 e. The Balaban J connectivity index is 1.32. The molecule has 2 aliphatic rings. The van der Waals surface area contributed by atoms with Crippen molar-refractivity contribution >= 4 is 5.91 Å². The van der Waals surface area contributed by atoms with Crippen LogP contribution in [0.4, 0.5) is 4.39 Å². The van der Waals surface area contributed by atoms with Crippen LogP contribution in [0.25, 0.3) is 0 Å². The van der Waals surface area contributed by atoms with E-state index in [9.17, 15) is 9.18 Å². The van der Waals surface area contributed by atoms with Gasteiger partial charge in [0, 0.05) is 30.9 Å². The van der Waals surface area contributed by atoms with E-state index in [4.69, 9.17) is 4.98 Å². The Morgan fingerprint density at radius 2 is 1.87 bits per heavy atom. The predicted octanol–water partition coefficient (Wildman–Crippen LogP) is 4.39. The van der Waals surface area contributed by atoms with E-state index in [0.717, 1.165) is 62.3 Å². The third kappa shape index (κ3) is 4.89. The van der Waals surface area contributed by atoms with Gasteiger partial charge in [0.05, 0.1) is 6.04 Å². The molecule has 2 saturated heterocycles. The molecule has 30 heavy (non-hydrogen) atoms. The van der Waals surface area contributed by atoms with Crippen LogP contribution in [0.1, 0.15) is 61.8 Å². The number of likely N-dealkylation sites (tertiary alicyclic amines) is 2. The van der Waals surface area contributed by atoms with Gasteiger partial charge in [0.2, 0.25) is 5.91 Å². The van der Waals surface area contributed by atoms with Gasteiger partial charge in [-0.2, -0.15) is 0 Å². The molecule has 4 rings (SSSR count). The molecular formula is C25H32FN3O. The number of nitrogens with zero attached hydrogens (tertiary/aromatic N) is 3. The Hall–Kier alpha value is -2.27. The van der Waals surface area contributed by atoms with Gasteiger partial charge in [0.25, 0.3) is 0 Å². The fraction of sp³-hybridized carbons (Fsp3) is 0.520. The number of aromatic nitrogens is 1. The number of halogens is 1. The number of carbonyl (C=O) groups is 1. The Labute approximate surface area is 179 Å². The van der Waals surface area contributed by atoms with Crippen molar-refractivity contribution in [2.45, 2.75) is 57.4 Å². The third-order valence-electron chi connectivity index (χ3n) is 6.62. The second kappa shape index (κ2) is 9.69. The molecule has 0 spiro atoms. The first-order chi connectivity index (χ1) is 14.6. The summed E-state index contributed by atoms with van der Waals surface area (Å²) in [5.74, 6) is 0.522. The van der Waals surface area contributed by atoms with Crippen molar-refractivity contribution in [1.29, 1.82) is 0 Å². The van der Waals surface area contributed by atoms with Crippen molar-refractivity contribution in [3.8, 4) is 0 Å². The molecular weight excluding hydrogens is 377 g/mol. The normalized spacial score (nSPS) is 19.2. The minimum absolute atomic E-state index is 0.0595. The summed E-state index contributed by atoms with van der Waals surface area (Å²) in [5.41, 5.74) is 3.16. The maximum atomic E-state index is 13.4. The summed E-state index contributed by atoms with van der Waals surface area (Å²) in [6.07, 6.45) is 7.87. The summed E-state index contributed by atoms with van der Waals surface area (Å²) >= 11 is 0. The molecule has 0 saturated carbocycles. The van der Waals surface area contributed by atoms with Crippen LogP contribution in [0.5, 0.6) is 0 Å². The summed E-state index contributed by atoms with van der Waals surface area (Å²) in [6.45, 7) is 5.89. The smallest absolute Gasteiger partial charge is 0.239 e. The van der Waals surface area contributed by atoms with Crippen molar-refractivity contribution in [2.75, 3.05) is 26.2 Å². The van der Waals surface area contributed by atoms with Crippen molar-refractivity contribution < 1.29 is 9.18 Å². The van der Waals surface area contributed by atoms with Gasteiger partial charge in [0.1, 0.15) is 5.82 Å². The zero-order valence-electron chi connectivity index (χ0n) is 17.9. The lowest BCUT2D eigenvalue weighted by atomic mass is 9.92. The van der Waals surface area contributed by atoms with Crippen LogP contribution in [-0.2, 0) is 11.2 Å². The second-order valence-corrected chi connectivity index (χ2v) is 8.66. The van der Waals surface area contributed by atoms with E-state index in [1.807, 2.05) is 12.3 Å². The molecule has 1 amide bonds. The van der Waals surface area contributed by atoms with E-state index in [1.54, 1.807) is 12.1 Å². The van der Waals surface area contributed by atoms with Gasteiger partial charge in [-0.15, -0.1) is 0 Å². The van der Waals surface area contributed by atoms with E-state index in [1.165, 1.54) is 18.9 Å². The average Bonchev–Trinajstić information content (AvgIpc) is 3.29. The van der Waals surface area contributed by atoms with Crippen molar-refractivity contribution in [1.82, 2.24) is 14.8 Å². The van der Waals surface area contributed by atoms with Gasteiger partial charge in [0.15, 0.2) is 0 Å². The number of rotatable bonds is 6. The molecule has 1 aromatic carbocycles. The lowest BCUT2D eigenvalue weighted by Crippen LogP contribution is -2.49. The first-order valence-corrected chi connectivity index (χ1v) is 11.4. The number of pyridine rings is 1. The molecule has 2 fully saturated rings. The molecule has 0 N–H and O–H groups in total. The summed E-state index contributed by atoms with van der Waals surface area (Å²) in [6, 6.07) is 11.0. The molecule has 0 radical (unpaired) electrons. The van der Waals surface area contributed by atoms with Gasteiger partial charge < -0.3 is 4.90 Å². The fourth-order valence-corrected chi connectivity index (χ4v) is 4.91. The van der Waals surface area contributed by atoms with Crippen LogP contribution in [0, 0.1) is 5.82 Å². The molecule has 0 bridgehead atoms. The van der Waals surface area contributed by atoms with Gasteiger partial charge in [-0.1, -0.05) is 25.1 Å². The van der Waals surface area contributed by atoms with Gasteiger partial charge in [-0.25, -0.2) is 4.39 Å². The lowest BCUT2D eigenvalue weighted by Gasteiger charge is -2.36. The quantitative estimate of drug-likeness (QED) is 0.710. The fourth-order valence-electron chi connectivity index (χ4n) is 4.91. The van der Waals surface area contributed by atoms with Crippen LogP contribution in [0.3, 0.4) is 0 Å². The van der Waals surface area contributed by atoms with Crippen molar-refractivity contribution in [2.24, 2.45) is 0 Å². The Bertz CT molecular complexity index is 840. The molecule has 0 aliphatic carbocycles. The van der Waals surface area contributed by atoms with E-state index >= 15 is 0 Å². The minimum Gasteiger partial charge on any atom is -0.341 e. The number of benzene rings is 1. The average molecular weight is 410 g/mol. The highest BCUT2D eigenvalue weighted by Crippen LogP contribution is 2.28. The van der Waals surface area contributed by atoms with Gasteiger partial charge >= 0.3 is 0 Å². The van der Waals surface area contributed by atoms with Gasteiger partial charge in [-0.05, 0) is 80.9 Å². The second-order valence-electron chi connectivity index (χ2n) is 8.66. The van der Waals surface area contributed by atoms with Gasteiger partial charge in [-0.3, -0.25) is 14.7 Å². The first kappa shape index (κ1) is 21.0. The number of amides is 1. The maximum absolute atomic E-state index is 13.4. The molecule has 2 aromatic rings. The highest BCUT2D eigenvalue weighted by Gasteiger charge is 2.32. The number of hydrogen-bond donors (Lipinski definition) is 0. The summed E-state index contributed by atoms with van der Waals surface area (Å²) in [4.78, 5) is 22.2. The van der Waals surface area contributed by atoms with E-state index in [0.29, 0.717) is 18.2 Å². The van der Waals surface area contributed by atoms with Crippen LogP contribution >= 0.6 is 0 Å². The number of hydrogen-bond acceptors (Lipinski definition) is 3. The maximum Gasteiger partial charge on any atom is 0.239 e.